The number of benzene rings is 1. The van der Waals surface area contributed by atoms with Gasteiger partial charge in [-0.1, -0.05) is 12.1 Å². The Kier molecular flexibility index (Phi) is 4.15. The number of para-hydroxylation sites is 1. The minimum absolute atomic E-state index is 0.0392. The number of hydrogen-bond acceptors (Lipinski definition) is 4. The van der Waals surface area contributed by atoms with E-state index in [-0.39, 0.29) is 17.1 Å². The van der Waals surface area contributed by atoms with E-state index >= 15 is 0 Å². The van der Waals surface area contributed by atoms with Crippen molar-refractivity contribution >= 4 is 16.9 Å². The van der Waals surface area contributed by atoms with Gasteiger partial charge in [0.1, 0.15) is 0 Å². The molecule has 0 atom stereocenters. The van der Waals surface area contributed by atoms with Crippen LogP contribution in [0.3, 0.4) is 0 Å². The van der Waals surface area contributed by atoms with Crippen molar-refractivity contribution < 1.29 is 4.74 Å². The summed E-state index contributed by atoms with van der Waals surface area (Å²) in [4.78, 5) is 17.9. The van der Waals surface area contributed by atoms with Crippen molar-refractivity contribution in [3.63, 3.8) is 0 Å². The molecule has 1 fully saturated rings. The molecule has 2 aromatic rings. The van der Waals surface area contributed by atoms with Gasteiger partial charge in [-0.15, -0.1) is 0 Å². The molecular weight excluding hydrogens is 290 g/mol. The third-order valence-electron chi connectivity index (χ3n) is 4.18. The molecule has 0 unspecified atom stereocenters. The summed E-state index contributed by atoms with van der Waals surface area (Å²) in [6.07, 6.45) is 1.69. The Morgan fingerprint density at radius 3 is 2.61 bits per heavy atom. The van der Waals surface area contributed by atoms with Crippen LogP contribution in [0.25, 0.3) is 10.9 Å². The Morgan fingerprint density at radius 2 is 1.96 bits per heavy atom. The number of nitrogens with one attached hydrogen (secondary N) is 1. The van der Waals surface area contributed by atoms with Crippen molar-refractivity contribution in [2.75, 3.05) is 18.5 Å². The van der Waals surface area contributed by atoms with E-state index in [9.17, 15) is 4.79 Å². The summed E-state index contributed by atoms with van der Waals surface area (Å²) in [5, 5.41) is 4.11. The number of aryl methyl sites for hydroxylation is 1. The van der Waals surface area contributed by atoms with Crippen molar-refractivity contribution in [3.05, 3.63) is 34.1 Å². The molecule has 2 heterocycles. The summed E-state index contributed by atoms with van der Waals surface area (Å²) < 4.78 is 7.30. The molecule has 1 aliphatic rings. The lowest BCUT2D eigenvalue weighted by Crippen LogP contribution is -2.36. The fourth-order valence-corrected chi connectivity index (χ4v) is 3.07. The highest BCUT2D eigenvalue weighted by molar-refractivity contribution is 5.81. The number of nitrogens with zero attached hydrogens (tertiary/aromatic N) is 2. The topological polar surface area (TPSA) is 56.1 Å². The number of rotatable bonds is 2. The first-order valence-electron chi connectivity index (χ1n) is 8.24. The van der Waals surface area contributed by atoms with Gasteiger partial charge in [0.25, 0.3) is 5.56 Å². The quantitative estimate of drug-likeness (QED) is 0.924. The molecule has 5 nitrogen and oxygen atoms in total. The predicted octanol–water partition coefficient (Wildman–Crippen LogP) is 3.27. The van der Waals surface area contributed by atoms with Crippen LogP contribution < -0.4 is 10.9 Å². The van der Waals surface area contributed by atoms with Crippen molar-refractivity contribution in [3.8, 4) is 0 Å². The van der Waals surface area contributed by atoms with Gasteiger partial charge in [0, 0.05) is 24.8 Å². The summed E-state index contributed by atoms with van der Waals surface area (Å²) in [5.74, 6) is 0.663. The number of aromatic nitrogens is 2. The molecule has 1 N–H and O–H groups in total. The maximum Gasteiger partial charge on any atom is 0.263 e. The number of fused-ring (bicyclic) bond motifs is 1. The van der Waals surface area contributed by atoms with Crippen LogP contribution in [0.2, 0.25) is 0 Å². The third kappa shape index (κ3) is 3.24. The first-order valence-corrected chi connectivity index (χ1v) is 8.24. The van der Waals surface area contributed by atoms with Gasteiger partial charge in [-0.05, 0) is 52.2 Å². The molecule has 1 aromatic heterocycles. The molecule has 5 heteroatoms. The van der Waals surface area contributed by atoms with E-state index in [1.54, 1.807) is 0 Å². The Morgan fingerprint density at radius 1 is 1.26 bits per heavy atom. The van der Waals surface area contributed by atoms with Crippen LogP contribution in [0.4, 0.5) is 5.95 Å². The maximum absolute atomic E-state index is 13.1. The van der Waals surface area contributed by atoms with E-state index in [0.29, 0.717) is 24.5 Å². The molecule has 0 saturated carbocycles. The molecule has 124 valence electrons. The summed E-state index contributed by atoms with van der Waals surface area (Å²) in [7, 11) is 0. The van der Waals surface area contributed by atoms with Crippen LogP contribution in [0, 0.1) is 6.92 Å². The fourth-order valence-electron chi connectivity index (χ4n) is 3.07. The van der Waals surface area contributed by atoms with Crippen molar-refractivity contribution in [1.29, 1.82) is 0 Å². The van der Waals surface area contributed by atoms with E-state index in [2.05, 4.69) is 26.1 Å². The lowest BCUT2D eigenvalue weighted by Gasteiger charge is -2.30. The monoisotopic (exact) mass is 315 g/mol. The van der Waals surface area contributed by atoms with Gasteiger partial charge in [-0.25, -0.2) is 4.98 Å². The molecule has 0 radical (unpaired) electrons. The Hall–Kier alpha value is -1.88. The highest BCUT2D eigenvalue weighted by atomic mass is 16.5. The summed E-state index contributed by atoms with van der Waals surface area (Å²) in [5.41, 5.74) is 1.68. The number of hydrogen-bond donors (Lipinski definition) is 1. The first-order chi connectivity index (χ1) is 10.9. The van der Waals surface area contributed by atoms with Gasteiger partial charge in [-0.2, -0.15) is 0 Å². The van der Waals surface area contributed by atoms with Gasteiger partial charge < -0.3 is 10.1 Å². The molecule has 23 heavy (non-hydrogen) atoms. The molecule has 3 rings (SSSR count). The Balaban J connectivity index is 2.23. The molecule has 1 saturated heterocycles. The van der Waals surface area contributed by atoms with Gasteiger partial charge in [0.15, 0.2) is 0 Å². The second-order valence-electron chi connectivity index (χ2n) is 7.30. The highest BCUT2D eigenvalue weighted by Crippen LogP contribution is 2.26. The molecular formula is C18H25N3O2. The van der Waals surface area contributed by atoms with E-state index in [1.807, 2.05) is 29.7 Å². The van der Waals surface area contributed by atoms with E-state index in [4.69, 9.17) is 9.72 Å². The van der Waals surface area contributed by atoms with Crippen LogP contribution in [-0.4, -0.2) is 28.3 Å². The van der Waals surface area contributed by atoms with Crippen LogP contribution in [0.1, 0.15) is 45.2 Å². The average Bonchev–Trinajstić information content (AvgIpc) is 2.48. The van der Waals surface area contributed by atoms with Crippen LogP contribution in [-0.2, 0) is 4.74 Å². The maximum atomic E-state index is 13.1. The van der Waals surface area contributed by atoms with Crippen molar-refractivity contribution in [2.24, 2.45) is 0 Å². The van der Waals surface area contributed by atoms with E-state index in [1.165, 1.54) is 0 Å². The molecule has 0 amide bonds. The zero-order valence-electron chi connectivity index (χ0n) is 14.3. The molecule has 0 bridgehead atoms. The zero-order valence-corrected chi connectivity index (χ0v) is 14.3. The van der Waals surface area contributed by atoms with Gasteiger partial charge in [-0.3, -0.25) is 9.36 Å². The van der Waals surface area contributed by atoms with Crippen molar-refractivity contribution in [2.45, 2.75) is 52.1 Å². The van der Waals surface area contributed by atoms with Gasteiger partial charge in [0.05, 0.1) is 10.9 Å². The smallest absolute Gasteiger partial charge is 0.263 e. The van der Waals surface area contributed by atoms with Gasteiger partial charge >= 0.3 is 0 Å². The largest absolute Gasteiger partial charge is 0.381 e. The standard InChI is InChI=1S/C18H25N3O2/c1-12-6-5-7-14-15(12)19-17(20-18(2,3)4)21(16(14)22)13-8-10-23-11-9-13/h5-7,13H,8-11H2,1-4H3,(H,19,20). The summed E-state index contributed by atoms with van der Waals surface area (Å²) >= 11 is 0. The van der Waals surface area contributed by atoms with E-state index in [0.717, 1.165) is 23.9 Å². The van der Waals surface area contributed by atoms with Crippen LogP contribution in [0.15, 0.2) is 23.0 Å². The minimum atomic E-state index is -0.164. The number of anilines is 1. The van der Waals surface area contributed by atoms with Crippen molar-refractivity contribution in [1.82, 2.24) is 9.55 Å². The zero-order chi connectivity index (χ0) is 16.6. The molecule has 0 spiro atoms. The van der Waals surface area contributed by atoms with Gasteiger partial charge in [0.2, 0.25) is 5.95 Å². The SMILES string of the molecule is Cc1cccc2c(=O)n(C3CCOCC3)c(NC(C)(C)C)nc12. The van der Waals surface area contributed by atoms with E-state index < -0.39 is 0 Å². The molecule has 1 aromatic carbocycles. The molecule has 0 aliphatic carbocycles. The summed E-state index contributed by atoms with van der Waals surface area (Å²) in [6, 6.07) is 5.92. The second-order valence-corrected chi connectivity index (χ2v) is 7.30. The van der Waals surface area contributed by atoms with Crippen LogP contribution >= 0.6 is 0 Å². The average molecular weight is 315 g/mol. The minimum Gasteiger partial charge on any atom is -0.381 e. The molecule has 1 aliphatic heterocycles. The second kappa shape index (κ2) is 5.96. The highest BCUT2D eigenvalue weighted by Gasteiger charge is 2.24. The Labute approximate surface area is 136 Å². The lowest BCUT2D eigenvalue weighted by molar-refractivity contribution is 0.0690. The fraction of sp³-hybridized carbons (Fsp3) is 0.556. The first kappa shape index (κ1) is 16.0. The Bertz CT molecular complexity index is 768. The number of ether oxygens (including phenoxy) is 1. The van der Waals surface area contributed by atoms with Crippen LogP contribution in [0.5, 0.6) is 0 Å². The third-order valence-corrected chi connectivity index (χ3v) is 4.18. The normalized spacial score (nSPS) is 16.7. The predicted molar refractivity (Wildman–Crippen MR) is 93.2 cm³/mol. The summed E-state index contributed by atoms with van der Waals surface area (Å²) in [6.45, 7) is 9.62. The lowest BCUT2D eigenvalue weighted by atomic mass is 10.1.